The Morgan fingerprint density at radius 1 is 1.38 bits per heavy atom. The predicted molar refractivity (Wildman–Crippen MR) is 70.9 cm³/mol. The van der Waals surface area contributed by atoms with Gasteiger partial charge in [-0.3, -0.25) is 4.90 Å². The Morgan fingerprint density at radius 3 is 2.75 bits per heavy atom. The second-order valence-electron chi connectivity index (χ2n) is 5.42. The number of hydrogen-bond donors (Lipinski definition) is 1. The monoisotopic (exact) mass is 227 g/mol. The van der Waals surface area contributed by atoms with Crippen molar-refractivity contribution < 1.29 is 0 Å². The molecule has 3 heteroatoms. The standard InChI is InChI=1S/C13H29N3/c1-5-6-14-9-12(2)10-16-8-7-15(4)11-13(16)3/h12-14H,5-11H2,1-4H3. The first-order valence-corrected chi connectivity index (χ1v) is 6.76. The van der Waals surface area contributed by atoms with Gasteiger partial charge in [-0.05, 0) is 39.4 Å². The minimum atomic E-state index is 0.715. The average molecular weight is 227 g/mol. The van der Waals surface area contributed by atoms with E-state index in [1.54, 1.807) is 0 Å². The number of likely N-dealkylation sites (N-methyl/N-ethyl adjacent to an activating group) is 1. The smallest absolute Gasteiger partial charge is 0.0195 e. The molecule has 1 N–H and O–H groups in total. The average Bonchev–Trinajstić information content (AvgIpc) is 2.23. The maximum Gasteiger partial charge on any atom is 0.0195 e. The molecule has 0 aromatic heterocycles. The van der Waals surface area contributed by atoms with Crippen molar-refractivity contribution in [3.63, 3.8) is 0 Å². The van der Waals surface area contributed by atoms with E-state index >= 15 is 0 Å². The van der Waals surface area contributed by atoms with Crippen LogP contribution in [0.25, 0.3) is 0 Å². The number of rotatable bonds is 6. The first-order chi connectivity index (χ1) is 7.63. The fourth-order valence-corrected chi connectivity index (χ4v) is 2.44. The number of hydrogen-bond acceptors (Lipinski definition) is 3. The van der Waals surface area contributed by atoms with E-state index in [0.717, 1.165) is 19.0 Å². The molecule has 3 nitrogen and oxygen atoms in total. The second-order valence-corrected chi connectivity index (χ2v) is 5.42. The Bertz CT molecular complexity index is 184. The van der Waals surface area contributed by atoms with E-state index in [4.69, 9.17) is 0 Å². The summed E-state index contributed by atoms with van der Waals surface area (Å²) >= 11 is 0. The molecule has 96 valence electrons. The van der Waals surface area contributed by atoms with Gasteiger partial charge in [-0.2, -0.15) is 0 Å². The van der Waals surface area contributed by atoms with Crippen LogP contribution < -0.4 is 5.32 Å². The first kappa shape index (κ1) is 13.9. The molecule has 1 fully saturated rings. The highest BCUT2D eigenvalue weighted by Gasteiger charge is 2.22. The molecule has 0 saturated carbocycles. The van der Waals surface area contributed by atoms with Crippen molar-refractivity contribution in [3.05, 3.63) is 0 Å². The van der Waals surface area contributed by atoms with E-state index in [1.807, 2.05) is 0 Å². The van der Waals surface area contributed by atoms with Crippen LogP contribution in [0.15, 0.2) is 0 Å². The van der Waals surface area contributed by atoms with Crippen LogP contribution in [-0.4, -0.2) is 62.2 Å². The lowest BCUT2D eigenvalue weighted by molar-refractivity contribution is 0.0871. The molecule has 0 spiro atoms. The topological polar surface area (TPSA) is 18.5 Å². The van der Waals surface area contributed by atoms with Crippen molar-refractivity contribution >= 4 is 0 Å². The van der Waals surface area contributed by atoms with Crippen molar-refractivity contribution in [1.29, 1.82) is 0 Å². The quantitative estimate of drug-likeness (QED) is 0.689. The lowest BCUT2D eigenvalue weighted by Crippen LogP contribution is -2.52. The number of nitrogens with one attached hydrogen (secondary N) is 1. The van der Waals surface area contributed by atoms with Crippen LogP contribution in [0.2, 0.25) is 0 Å². The van der Waals surface area contributed by atoms with Crippen LogP contribution in [0.1, 0.15) is 27.2 Å². The van der Waals surface area contributed by atoms with Gasteiger partial charge in [-0.15, -0.1) is 0 Å². The predicted octanol–water partition coefficient (Wildman–Crippen LogP) is 1.26. The van der Waals surface area contributed by atoms with Crippen molar-refractivity contribution in [2.75, 3.05) is 46.3 Å². The van der Waals surface area contributed by atoms with Gasteiger partial charge in [0.2, 0.25) is 0 Å². The summed E-state index contributed by atoms with van der Waals surface area (Å²) in [6.45, 7) is 14.2. The van der Waals surface area contributed by atoms with Gasteiger partial charge in [-0.25, -0.2) is 0 Å². The summed E-state index contributed by atoms with van der Waals surface area (Å²) in [5.41, 5.74) is 0. The van der Waals surface area contributed by atoms with Gasteiger partial charge in [0.1, 0.15) is 0 Å². The zero-order valence-electron chi connectivity index (χ0n) is 11.5. The Kier molecular flexibility index (Phi) is 6.32. The lowest BCUT2D eigenvalue weighted by atomic mass is 10.1. The molecule has 1 heterocycles. The highest BCUT2D eigenvalue weighted by molar-refractivity contribution is 4.78. The van der Waals surface area contributed by atoms with E-state index in [-0.39, 0.29) is 0 Å². The fourth-order valence-electron chi connectivity index (χ4n) is 2.44. The number of nitrogens with zero attached hydrogens (tertiary/aromatic N) is 2. The van der Waals surface area contributed by atoms with Crippen molar-refractivity contribution in [1.82, 2.24) is 15.1 Å². The SMILES string of the molecule is CCCNCC(C)CN1CCN(C)CC1C. The van der Waals surface area contributed by atoms with E-state index in [9.17, 15) is 0 Å². The van der Waals surface area contributed by atoms with Crippen LogP contribution in [0.3, 0.4) is 0 Å². The summed E-state index contributed by atoms with van der Waals surface area (Å²) in [7, 11) is 2.22. The summed E-state index contributed by atoms with van der Waals surface area (Å²) < 4.78 is 0. The third-order valence-corrected chi connectivity index (χ3v) is 3.43. The van der Waals surface area contributed by atoms with Gasteiger partial charge < -0.3 is 10.2 Å². The van der Waals surface area contributed by atoms with E-state index in [0.29, 0.717) is 6.04 Å². The summed E-state index contributed by atoms with van der Waals surface area (Å²) in [5.74, 6) is 0.761. The van der Waals surface area contributed by atoms with Gasteiger partial charge in [-0.1, -0.05) is 13.8 Å². The Hall–Kier alpha value is -0.120. The molecule has 1 saturated heterocycles. The van der Waals surface area contributed by atoms with Crippen molar-refractivity contribution in [2.45, 2.75) is 33.2 Å². The molecular formula is C13H29N3. The maximum atomic E-state index is 3.51. The molecule has 1 rings (SSSR count). The normalized spacial score (nSPS) is 25.9. The minimum absolute atomic E-state index is 0.715. The van der Waals surface area contributed by atoms with Crippen LogP contribution in [0.4, 0.5) is 0 Å². The van der Waals surface area contributed by atoms with Crippen molar-refractivity contribution in [2.24, 2.45) is 5.92 Å². The summed E-state index contributed by atoms with van der Waals surface area (Å²) in [6.07, 6.45) is 1.23. The summed E-state index contributed by atoms with van der Waals surface area (Å²) in [5, 5.41) is 3.51. The Labute approximate surface area is 101 Å². The van der Waals surface area contributed by atoms with E-state index in [1.165, 1.54) is 32.6 Å². The minimum Gasteiger partial charge on any atom is -0.316 e. The van der Waals surface area contributed by atoms with Crippen LogP contribution in [0.5, 0.6) is 0 Å². The summed E-state index contributed by atoms with van der Waals surface area (Å²) in [6, 6.07) is 0.715. The van der Waals surface area contributed by atoms with Crippen LogP contribution >= 0.6 is 0 Å². The zero-order chi connectivity index (χ0) is 12.0. The molecule has 0 amide bonds. The molecule has 0 radical (unpaired) electrons. The molecule has 2 unspecified atom stereocenters. The van der Waals surface area contributed by atoms with Gasteiger partial charge in [0.05, 0.1) is 0 Å². The lowest BCUT2D eigenvalue weighted by Gasteiger charge is -2.39. The summed E-state index contributed by atoms with van der Waals surface area (Å²) in [4.78, 5) is 5.07. The number of piperazine rings is 1. The molecular weight excluding hydrogens is 198 g/mol. The fraction of sp³-hybridized carbons (Fsp3) is 1.00. The maximum absolute atomic E-state index is 3.51. The third kappa shape index (κ3) is 4.81. The molecule has 0 aliphatic carbocycles. The largest absolute Gasteiger partial charge is 0.316 e. The first-order valence-electron chi connectivity index (χ1n) is 6.76. The molecule has 0 aromatic rings. The van der Waals surface area contributed by atoms with Gasteiger partial charge in [0.15, 0.2) is 0 Å². The highest BCUT2D eigenvalue weighted by Crippen LogP contribution is 2.10. The van der Waals surface area contributed by atoms with E-state index in [2.05, 4.69) is 42.9 Å². The molecule has 0 bridgehead atoms. The van der Waals surface area contributed by atoms with Gasteiger partial charge >= 0.3 is 0 Å². The van der Waals surface area contributed by atoms with E-state index < -0.39 is 0 Å². The highest BCUT2D eigenvalue weighted by atomic mass is 15.3. The third-order valence-electron chi connectivity index (χ3n) is 3.43. The molecule has 0 aromatic carbocycles. The Morgan fingerprint density at radius 2 is 2.12 bits per heavy atom. The molecule has 1 aliphatic heterocycles. The molecule has 16 heavy (non-hydrogen) atoms. The van der Waals surface area contributed by atoms with Gasteiger partial charge in [0.25, 0.3) is 0 Å². The van der Waals surface area contributed by atoms with Gasteiger partial charge in [0, 0.05) is 32.2 Å². The van der Waals surface area contributed by atoms with Crippen molar-refractivity contribution in [3.8, 4) is 0 Å². The Balaban J connectivity index is 2.19. The molecule has 1 aliphatic rings. The zero-order valence-corrected chi connectivity index (χ0v) is 11.5. The second kappa shape index (κ2) is 7.25. The molecule has 2 atom stereocenters. The van der Waals surface area contributed by atoms with Crippen LogP contribution in [-0.2, 0) is 0 Å². The van der Waals surface area contributed by atoms with Crippen LogP contribution in [0, 0.1) is 5.92 Å².